The van der Waals surface area contributed by atoms with Crippen molar-refractivity contribution in [2.24, 2.45) is 4.99 Å². The third-order valence-corrected chi connectivity index (χ3v) is 6.21. The second kappa shape index (κ2) is 10.5. The maximum absolute atomic E-state index is 13.9. The van der Waals surface area contributed by atoms with Crippen molar-refractivity contribution in [2.45, 2.75) is 38.0 Å². The van der Waals surface area contributed by atoms with E-state index < -0.39 is 22.4 Å². The van der Waals surface area contributed by atoms with E-state index in [1.807, 2.05) is 25.7 Å². The van der Waals surface area contributed by atoms with Crippen LogP contribution in [0, 0.1) is 11.6 Å². The van der Waals surface area contributed by atoms with Gasteiger partial charge in [-0.25, -0.2) is 8.78 Å². The summed E-state index contributed by atoms with van der Waals surface area (Å²) in [7, 11) is 0.762. The molecule has 1 heterocycles. The summed E-state index contributed by atoms with van der Waals surface area (Å²) in [6, 6.07) is 3.77. The topological polar surface area (TPSA) is 56.7 Å². The standard InChI is InChI=1S/C18H28F2N4OS.HI/c1-18(2,3)26(25)10-8-22-17(21-4)23-14-7-9-24(12-14)16-6-5-13(19)11-15(16)20;/h5-6,11,14H,7-10,12H2,1-4H3,(H2,21,22,23);1H. The maximum atomic E-state index is 13.9. The Hall–Kier alpha value is -0.970. The fourth-order valence-electron chi connectivity index (χ4n) is 2.79. The van der Waals surface area contributed by atoms with Gasteiger partial charge in [0.25, 0.3) is 0 Å². The van der Waals surface area contributed by atoms with E-state index in [4.69, 9.17) is 0 Å². The van der Waals surface area contributed by atoms with Gasteiger partial charge >= 0.3 is 0 Å². The molecule has 2 N–H and O–H groups in total. The monoisotopic (exact) mass is 514 g/mol. The first kappa shape index (κ1) is 24.1. The first-order valence-corrected chi connectivity index (χ1v) is 10.1. The highest BCUT2D eigenvalue weighted by molar-refractivity contribution is 14.0. The van der Waals surface area contributed by atoms with Crippen LogP contribution in [0.3, 0.4) is 0 Å². The zero-order valence-electron chi connectivity index (χ0n) is 16.2. The Morgan fingerprint density at radius 2 is 2.07 bits per heavy atom. The number of guanidine groups is 1. The Morgan fingerprint density at radius 1 is 1.37 bits per heavy atom. The second-order valence-electron chi connectivity index (χ2n) is 7.33. The third-order valence-electron chi connectivity index (χ3n) is 4.27. The molecule has 154 valence electrons. The van der Waals surface area contributed by atoms with Crippen LogP contribution in [0.2, 0.25) is 0 Å². The van der Waals surface area contributed by atoms with Gasteiger partial charge in [-0.05, 0) is 39.3 Å². The van der Waals surface area contributed by atoms with Gasteiger partial charge in [0.05, 0.1) is 5.69 Å². The molecule has 0 saturated carbocycles. The lowest BCUT2D eigenvalue weighted by atomic mass is 10.2. The molecule has 5 nitrogen and oxygen atoms in total. The molecule has 0 bridgehead atoms. The van der Waals surface area contributed by atoms with Crippen LogP contribution in [-0.4, -0.2) is 53.4 Å². The summed E-state index contributed by atoms with van der Waals surface area (Å²) in [5, 5.41) is 6.49. The van der Waals surface area contributed by atoms with Gasteiger partial charge in [0.1, 0.15) is 11.6 Å². The van der Waals surface area contributed by atoms with Gasteiger partial charge in [0, 0.05) is 60.1 Å². The molecule has 1 aromatic carbocycles. The SMILES string of the molecule is CN=C(NCCS(=O)C(C)(C)C)NC1CCN(c2ccc(F)cc2F)C1.I. The fraction of sp³-hybridized carbons (Fsp3) is 0.611. The Labute approximate surface area is 179 Å². The number of hydrogen-bond acceptors (Lipinski definition) is 3. The summed E-state index contributed by atoms with van der Waals surface area (Å²) < 4.78 is 38.8. The minimum atomic E-state index is -0.921. The van der Waals surface area contributed by atoms with E-state index in [0.29, 0.717) is 37.0 Å². The molecule has 0 radical (unpaired) electrons. The number of hydrogen-bond donors (Lipinski definition) is 2. The molecular formula is C18H29F2IN4OS. The van der Waals surface area contributed by atoms with Crippen LogP contribution >= 0.6 is 24.0 Å². The molecule has 1 aliphatic rings. The molecule has 0 aromatic heterocycles. The fourth-order valence-corrected chi connectivity index (χ4v) is 3.69. The first-order chi connectivity index (χ1) is 12.2. The summed E-state index contributed by atoms with van der Waals surface area (Å²) in [4.78, 5) is 6.09. The van der Waals surface area contributed by atoms with E-state index in [0.717, 1.165) is 12.5 Å². The van der Waals surface area contributed by atoms with Crippen LogP contribution in [0.5, 0.6) is 0 Å². The summed E-state index contributed by atoms with van der Waals surface area (Å²) in [6.45, 7) is 7.72. The van der Waals surface area contributed by atoms with Crippen LogP contribution in [0.1, 0.15) is 27.2 Å². The van der Waals surface area contributed by atoms with Crippen molar-refractivity contribution >= 4 is 46.4 Å². The van der Waals surface area contributed by atoms with Gasteiger partial charge < -0.3 is 15.5 Å². The highest BCUT2D eigenvalue weighted by Crippen LogP contribution is 2.24. The molecule has 1 aliphatic heterocycles. The van der Waals surface area contributed by atoms with Crippen molar-refractivity contribution in [1.82, 2.24) is 10.6 Å². The summed E-state index contributed by atoms with van der Waals surface area (Å²) >= 11 is 0. The highest BCUT2D eigenvalue weighted by atomic mass is 127. The number of benzene rings is 1. The highest BCUT2D eigenvalue weighted by Gasteiger charge is 2.25. The number of anilines is 1. The predicted octanol–water partition coefficient (Wildman–Crippen LogP) is 2.87. The number of rotatable bonds is 5. The number of nitrogens with one attached hydrogen (secondary N) is 2. The maximum Gasteiger partial charge on any atom is 0.191 e. The Kier molecular flexibility index (Phi) is 9.40. The quantitative estimate of drug-likeness (QED) is 0.361. The van der Waals surface area contributed by atoms with Gasteiger partial charge in [-0.1, -0.05) is 0 Å². The van der Waals surface area contributed by atoms with Gasteiger partial charge in [0.15, 0.2) is 5.96 Å². The summed E-state index contributed by atoms with van der Waals surface area (Å²) in [5.41, 5.74) is 0.416. The lowest BCUT2D eigenvalue weighted by molar-refractivity contribution is 0.580. The smallest absolute Gasteiger partial charge is 0.191 e. The lowest BCUT2D eigenvalue weighted by Crippen LogP contribution is -2.46. The minimum absolute atomic E-state index is 0. The van der Waals surface area contributed by atoms with Gasteiger partial charge in [0.2, 0.25) is 0 Å². The molecule has 2 atom stereocenters. The summed E-state index contributed by atoms with van der Waals surface area (Å²) in [5.74, 6) is 0.0689. The molecule has 1 aromatic rings. The molecule has 1 saturated heterocycles. The van der Waals surface area contributed by atoms with E-state index >= 15 is 0 Å². The molecule has 2 rings (SSSR count). The van der Waals surface area contributed by atoms with Crippen molar-refractivity contribution in [2.75, 3.05) is 37.3 Å². The molecule has 0 spiro atoms. The predicted molar refractivity (Wildman–Crippen MR) is 120 cm³/mol. The molecule has 9 heteroatoms. The van der Waals surface area contributed by atoms with E-state index in [1.54, 1.807) is 7.05 Å². The summed E-state index contributed by atoms with van der Waals surface area (Å²) in [6.07, 6.45) is 0.825. The molecule has 2 unspecified atom stereocenters. The molecule has 27 heavy (non-hydrogen) atoms. The van der Waals surface area contributed by atoms with E-state index in [9.17, 15) is 13.0 Å². The van der Waals surface area contributed by atoms with Crippen molar-refractivity contribution in [3.05, 3.63) is 29.8 Å². The largest absolute Gasteiger partial charge is 0.367 e. The van der Waals surface area contributed by atoms with Crippen molar-refractivity contribution in [3.8, 4) is 0 Å². The number of aliphatic imine (C=N–C) groups is 1. The van der Waals surface area contributed by atoms with Crippen LogP contribution in [0.25, 0.3) is 0 Å². The average molecular weight is 514 g/mol. The number of nitrogens with zero attached hydrogens (tertiary/aromatic N) is 2. The average Bonchev–Trinajstić information content (AvgIpc) is 3.01. The zero-order valence-corrected chi connectivity index (χ0v) is 19.4. The minimum Gasteiger partial charge on any atom is -0.367 e. The van der Waals surface area contributed by atoms with Crippen molar-refractivity contribution in [3.63, 3.8) is 0 Å². The molecule has 1 fully saturated rings. The molecule has 0 amide bonds. The zero-order chi connectivity index (χ0) is 19.3. The van der Waals surface area contributed by atoms with E-state index in [-0.39, 0.29) is 34.8 Å². The van der Waals surface area contributed by atoms with Crippen molar-refractivity contribution in [1.29, 1.82) is 0 Å². The Morgan fingerprint density at radius 3 is 2.67 bits per heavy atom. The van der Waals surface area contributed by atoms with Crippen LogP contribution in [0.15, 0.2) is 23.2 Å². The van der Waals surface area contributed by atoms with E-state index in [2.05, 4.69) is 15.6 Å². The molecule has 0 aliphatic carbocycles. The number of halogens is 3. The van der Waals surface area contributed by atoms with Crippen molar-refractivity contribution < 1.29 is 13.0 Å². The Bertz CT molecular complexity index is 682. The first-order valence-electron chi connectivity index (χ1n) is 8.76. The van der Waals surface area contributed by atoms with Gasteiger partial charge in [-0.3, -0.25) is 9.20 Å². The lowest BCUT2D eigenvalue weighted by Gasteiger charge is -2.21. The third kappa shape index (κ3) is 7.17. The van der Waals surface area contributed by atoms with Crippen LogP contribution in [-0.2, 0) is 10.8 Å². The van der Waals surface area contributed by atoms with Crippen LogP contribution in [0.4, 0.5) is 14.5 Å². The second-order valence-corrected chi connectivity index (χ2v) is 9.66. The van der Waals surface area contributed by atoms with Gasteiger partial charge in [-0.15, -0.1) is 24.0 Å². The van der Waals surface area contributed by atoms with Gasteiger partial charge in [-0.2, -0.15) is 0 Å². The Balaban J connectivity index is 0.00000364. The normalized spacial score (nSPS) is 18.8. The van der Waals surface area contributed by atoms with E-state index in [1.165, 1.54) is 12.1 Å². The molecular weight excluding hydrogens is 485 g/mol. The van der Waals surface area contributed by atoms with Crippen LogP contribution < -0.4 is 15.5 Å².